The molecular formula is C18H24F2N2O2. The van der Waals surface area contributed by atoms with E-state index in [9.17, 15) is 18.7 Å². The van der Waals surface area contributed by atoms with E-state index >= 15 is 0 Å². The molecule has 3 rings (SSSR count). The number of benzene rings is 1. The lowest BCUT2D eigenvalue weighted by Crippen LogP contribution is -2.43. The fraction of sp³-hybridized carbons (Fsp3) is 0.611. The lowest BCUT2D eigenvalue weighted by molar-refractivity contribution is -0.128. The molecule has 1 spiro atoms. The molecule has 0 aromatic heterocycles. The quantitative estimate of drug-likeness (QED) is 0.915. The maximum absolute atomic E-state index is 13.3. The molecule has 1 N–H and O–H groups in total. The number of carbonyl (C=O) groups excluding carboxylic acids is 1. The van der Waals surface area contributed by atoms with Crippen molar-refractivity contribution in [3.8, 4) is 0 Å². The van der Waals surface area contributed by atoms with Crippen molar-refractivity contribution in [1.82, 2.24) is 9.80 Å². The summed E-state index contributed by atoms with van der Waals surface area (Å²) in [5.41, 5.74) is 0.461. The minimum atomic E-state index is -0.613. The van der Waals surface area contributed by atoms with Gasteiger partial charge in [-0.3, -0.25) is 4.79 Å². The van der Waals surface area contributed by atoms with Gasteiger partial charge >= 0.3 is 0 Å². The number of hydrogen-bond donors (Lipinski definition) is 1. The van der Waals surface area contributed by atoms with E-state index in [1.54, 1.807) is 11.8 Å². The first kappa shape index (κ1) is 17.3. The Morgan fingerprint density at radius 1 is 1.21 bits per heavy atom. The van der Waals surface area contributed by atoms with Gasteiger partial charge in [-0.1, -0.05) is 0 Å². The molecule has 2 aliphatic rings. The summed E-state index contributed by atoms with van der Waals surface area (Å²) in [5, 5.41) is 9.49. The summed E-state index contributed by atoms with van der Waals surface area (Å²) in [6.07, 6.45) is 2.00. The molecule has 4 nitrogen and oxygen atoms in total. The number of aliphatic hydroxyl groups is 1. The maximum atomic E-state index is 13.3. The van der Waals surface area contributed by atoms with Gasteiger partial charge in [0, 0.05) is 32.1 Å². The Morgan fingerprint density at radius 3 is 2.42 bits per heavy atom. The summed E-state index contributed by atoms with van der Waals surface area (Å²) in [7, 11) is 0. The predicted molar refractivity (Wildman–Crippen MR) is 86.2 cm³/mol. The van der Waals surface area contributed by atoms with E-state index < -0.39 is 11.6 Å². The molecule has 1 atom stereocenters. The molecule has 0 radical (unpaired) electrons. The third-order valence-electron chi connectivity index (χ3n) is 5.14. The van der Waals surface area contributed by atoms with Gasteiger partial charge in [0.25, 0.3) is 0 Å². The lowest BCUT2D eigenvalue weighted by Gasteiger charge is -2.39. The van der Waals surface area contributed by atoms with E-state index in [0.717, 1.165) is 32.0 Å². The second kappa shape index (κ2) is 6.76. The third kappa shape index (κ3) is 3.92. The monoisotopic (exact) mass is 338 g/mol. The number of amides is 1. The summed E-state index contributed by atoms with van der Waals surface area (Å²) in [5.74, 6) is -1.17. The van der Waals surface area contributed by atoms with Gasteiger partial charge in [-0.15, -0.1) is 0 Å². The highest BCUT2D eigenvalue weighted by Crippen LogP contribution is 2.41. The first-order chi connectivity index (χ1) is 11.3. The average molecular weight is 338 g/mol. The van der Waals surface area contributed by atoms with Crippen molar-refractivity contribution in [2.24, 2.45) is 5.41 Å². The summed E-state index contributed by atoms with van der Waals surface area (Å²) >= 11 is 0. The summed E-state index contributed by atoms with van der Waals surface area (Å²) in [6, 6.07) is 3.41. The highest BCUT2D eigenvalue weighted by atomic mass is 19.1. The molecule has 1 aromatic carbocycles. The van der Waals surface area contributed by atoms with Crippen LogP contribution in [-0.2, 0) is 11.3 Å². The molecule has 2 fully saturated rings. The molecule has 2 saturated heterocycles. The summed E-state index contributed by atoms with van der Waals surface area (Å²) in [4.78, 5) is 16.3. The van der Waals surface area contributed by atoms with Gasteiger partial charge in [0.15, 0.2) is 0 Å². The van der Waals surface area contributed by atoms with E-state index in [4.69, 9.17) is 0 Å². The number of nitrogens with zero attached hydrogens (tertiary/aromatic N) is 2. The van der Waals surface area contributed by atoms with E-state index in [2.05, 4.69) is 4.90 Å². The van der Waals surface area contributed by atoms with Crippen molar-refractivity contribution in [3.05, 3.63) is 35.4 Å². The van der Waals surface area contributed by atoms with Crippen molar-refractivity contribution >= 4 is 5.91 Å². The molecule has 0 aliphatic carbocycles. The first-order valence-corrected chi connectivity index (χ1v) is 8.48. The molecule has 1 aromatic rings. The van der Waals surface area contributed by atoms with Crippen LogP contribution in [0.15, 0.2) is 18.2 Å². The Hall–Kier alpha value is -1.53. The number of hydrogen-bond acceptors (Lipinski definition) is 3. The van der Waals surface area contributed by atoms with E-state index in [0.29, 0.717) is 25.1 Å². The second-order valence-corrected chi connectivity index (χ2v) is 7.35. The second-order valence-electron chi connectivity index (χ2n) is 7.35. The molecule has 0 saturated carbocycles. The van der Waals surface area contributed by atoms with Crippen molar-refractivity contribution < 1.29 is 18.7 Å². The average Bonchev–Trinajstić information content (AvgIpc) is 2.76. The predicted octanol–water partition coefficient (Wildman–Crippen LogP) is 2.16. The Balaban J connectivity index is 1.62. The van der Waals surface area contributed by atoms with Crippen molar-refractivity contribution in [3.63, 3.8) is 0 Å². The number of halogens is 2. The number of aliphatic hydroxyl groups excluding tert-OH is 1. The van der Waals surface area contributed by atoms with Crippen molar-refractivity contribution in [2.75, 3.05) is 26.2 Å². The smallest absolute Gasteiger partial charge is 0.223 e. The normalized spacial score (nSPS) is 22.3. The lowest BCUT2D eigenvalue weighted by atomic mass is 9.77. The standard InChI is InChI=1S/C18H24F2N2O2/c1-13(23)10-21-4-2-18(3-5-21)9-17(24)22(12-18)11-14-6-15(19)8-16(20)7-14/h6-8,13,23H,2-5,9-12H2,1H3/t13-/m1/s1. The van der Waals surface area contributed by atoms with Crippen LogP contribution >= 0.6 is 0 Å². The van der Waals surface area contributed by atoms with Crippen LogP contribution in [0.1, 0.15) is 31.7 Å². The highest BCUT2D eigenvalue weighted by Gasteiger charge is 2.44. The van der Waals surface area contributed by atoms with Gasteiger partial charge in [0.2, 0.25) is 5.91 Å². The van der Waals surface area contributed by atoms with E-state index in [1.807, 2.05) is 0 Å². The molecule has 6 heteroatoms. The first-order valence-electron chi connectivity index (χ1n) is 8.48. The van der Waals surface area contributed by atoms with E-state index in [1.165, 1.54) is 12.1 Å². The topological polar surface area (TPSA) is 43.8 Å². The van der Waals surface area contributed by atoms with Gasteiger partial charge in [0.1, 0.15) is 11.6 Å². The van der Waals surface area contributed by atoms with Gasteiger partial charge < -0.3 is 14.9 Å². The van der Waals surface area contributed by atoms with Crippen LogP contribution < -0.4 is 0 Å². The molecular weight excluding hydrogens is 314 g/mol. The number of likely N-dealkylation sites (tertiary alicyclic amines) is 2. The number of rotatable bonds is 4. The summed E-state index contributed by atoms with van der Waals surface area (Å²) in [6.45, 7) is 5.10. The van der Waals surface area contributed by atoms with Gasteiger partial charge in [-0.05, 0) is 56.0 Å². The summed E-state index contributed by atoms with van der Waals surface area (Å²) < 4.78 is 26.7. The van der Waals surface area contributed by atoms with Crippen molar-refractivity contribution in [2.45, 2.75) is 38.8 Å². The SMILES string of the molecule is C[C@@H](O)CN1CCC2(CC1)CC(=O)N(Cc1cc(F)cc(F)c1)C2. The van der Waals surface area contributed by atoms with Crippen LogP contribution in [0.4, 0.5) is 8.78 Å². The minimum Gasteiger partial charge on any atom is -0.392 e. The van der Waals surface area contributed by atoms with Crippen LogP contribution in [0.25, 0.3) is 0 Å². The third-order valence-corrected chi connectivity index (χ3v) is 5.14. The van der Waals surface area contributed by atoms with Gasteiger partial charge in [0.05, 0.1) is 6.10 Å². The largest absolute Gasteiger partial charge is 0.392 e. The Bertz CT molecular complexity index is 593. The van der Waals surface area contributed by atoms with Crippen LogP contribution in [0.3, 0.4) is 0 Å². The zero-order chi connectivity index (χ0) is 17.3. The van der Waals surface area contributed by atoms with E-state index in [-0.39, 0.29) is 24.0 Å². The molecule has 2 heterocycles. The van der Waals surface area contributed by atoms with Crippen LogP contribution in [0.5, 0.6) is 0 Å². The molecule has 132 valence electrons. The maximum Gasteiger partial charge on any atom is 0.223 e. The molecule has 0 bridgehead atoms. The number of carbonyl (C=O) groups is 1. The fourth-order valence-electron chi connectivity index (χ4n) is 3.97. The fourth-order valence-corrected chi connectivity index (χ4v) is 3.97. The molecule has 2 aliphatic heterocycles. The Labute approximate surface area is 141 Å². The minimum absolute atomic E-state index is 0.0296. The Kier molecular flexibility index (Phi) is 4.88. The van der Waals surface area contributed by atoms with Gasteiger partial charge in [-0.2, -0.15) is 0 Å². The molecule has 1 amide bonds. The van der Waals surface area contributed by atoms with Gasteiger partial charge in [-0.25, -0.2) is 8.78 Å². The molecule has 24 heavy (non-hydrogen) atoms. The molecule has 0 unspecified atom stereocenters. The highest BCUT2D eigenvalue weighted by molar-refractivity contribution is 5.79. The Morgan fingerprint density at radius 2 is 1.83 bits per heavy atom. The zero-order valence-electron chi connectivity index (χ0n) is 14.0. The zero-order valence-corrected chi connectivity index (χ0v) is 14.0. The van der Waals surface area contributed by atoms with Crippen LogP contribution in [0, 0.1) is 17.0 Å². The number of piperidine rings is 1. The van der Waals surface area contributed by atoms with Crippen LogP contribution in [-0.4, -0.2) is 53.1 Å². The number of β-amino-alcohol motifs (C(OH)–C–C–N with tert-alkyl or cyclic N) is 1. The van der Waals surface area contributed by atoms with Crippen molar-refractivity contribution in [1.29, 1.82) is 0 Å². The van der Waals surface area contributed by atoms with Crippen LogP contribution in [0.2, 0.25) is 0 Å².